The molecule has 0 atom stereocenters. The van der Waals surface area contributed by atoms with E-state index in [1.807, 2.05) is 6.07 Å². The molecule has 17 heavy (non-hydrogen) atoms. The summed E-state index contributed by atoms with van der Waals surface area (Å²) in [6.45, 7) is 6.45. The monoisotopic (exact) mass is 253 g/mol. The number of ether oxygens (including phenoxy) is 1. The van der Waals surface area contributed by atoms with Gasteiger partial charge in [-0.3, -0.25) is 0 Å². The SMILES string of the molecule is COc1c(Cl)cc(C)c(C)c1C1CCNCC1. The second-order valence-electron chi connectivity index (χ2n) is 4.77. The van der Waals surface area contributed by atoms with E-state index in [9.17, 15) is 0 Å². The molecule has 1 aliphatic heterocycles. The smallest absolute Gasteiger partial charge is 0.141 e. The van der Waals surface area contributed by atoms with Crippen molar-refractivity contribution in [2.75, 3.05) is 20.2 Å². The zero-order valence-corrected chi connectivity index (χ0v) is 11.5. The quantitative estimate of drug-likeness (QED) is 0.872. The van der Waals surface area contributed by atoms with Gasteiger partial charge in [0.25, 0.3) is 0 Å². The molecule has 2 nitrogen and oxygen atoms in total. The minimum Gasteiger partial charge on any atom is -0.495 e. The Kier molecular flexibility index (Phi) is 3.95. The van der Waals surface area contributed by atoms with Crippen LogP contribution >= 0.6 is 11.6 Å². The maximum absolute atomic E-state index is 6.29. The molecule has 1 aliphatic rings. The van der Waals surface area contributed by atoms with Crippen molar-refractivity contribution in [1.82, 2.24) is 5.32 Å². The number of piperidine rings is 1. The second kappa shape index (κ2) is 5.28. The van der Waals surface area contributed by atoms with Crippen LogP contribution in [0.4, 0.5) is 0 Å². The largest absolute Gasteiger partial charge is 0.495 e. The molecule has 1 fully saturated rings. The Bertz CT molecular complexity index is 411. The van der Waals surface area contributed by atoms with Gasteiger partial charge in [-0.05, 0) is 62.9 Å². The van der Waals surface area contributed by atoms with Gasteiger partial charge in [0, 0.05) is 5.56 Å². The van der Waals surface area contributed by atoms with Crippen molar-refractivity contribution < 1.29 is 4.74 Å². The zero-order chi connectivity index (χ0) is 12.4. The van der Waals surface area contributed by atoms with Crippen LogP contribution in [0.5, 0.6) is 5.75 Å². The summed E-state index contributed by atoms with van der Waals surface area (Å²) in [6, 6.07) is 2.00. The molecule has 1 aromatic rings. The van der Waals surface area contributed by atoms with Gasteiger partial charge < -0.3 is 10.1 Å². The van der Waals surface area contributed by atoms with Gasteiger partial charge in [0.05, 0.1) is 12.1 Å². The second-order valence-corrected chi connectivity index (χ2v) is 5.18. The van der Waals surface area contributed by atoms with Crippen LogP contribution in [0.3, 0.4) is 0 Å². The van der Waals surface area contributed by atoms with Gasteiger partial charge in [-0.15, -0.1) is 0 Å². The molecule has 0 aromatic heterocycles. The van der Waals surface area contributed by atoms with E-state index in [0.717, 1.165) is 36.7 Å². The summed E-state index contributed by atoms with van der Waals surface area (Å²) in [6.07, 6.45) is 2.33. The summed E-state index contributed by atoms with van der Waals surface area (Å²) >= 11 is 6.29. The van der Waals surface area contributed by atoms with E-state index >= 15 is 0 Å². The van der Waals surface area contributed by atoms with Crippen LogP contribution in [-0.4, -0.2) is 20.2 Å². The maximum atomic E-state index is 6.29. The van der Waals surface area contributed by atoms with Crippen LogP contribution in [0.15, 0.2) is 6.07 Å². The summed E-state index contributed by atoms with van der Waals surface area (Å²) in [7, 11) is 1.71. The van der Waals surface area contributed by atoms with Crippen LogP contribution in [0.25, 0.3) is 0 Å². The van der Waals surface area contributed by atoms with Crippen LogP contribution in [0.2, 0.25) is 5.02 Å². The van der Waals surface area contributed by atoms with Gasteiger partial charge in [-0.1, -0.05) is 11.6 Å². The molecule has 1 aromatic carbocycles. The minimum atomic E-state index is 0.573. The highest BCUT2D eigenvalue weighted by Gasteiger charge is 2.23. The van der Waals surface area contributed by atoms with Crippen LogP contribution in [0.1, 0.15) is 35.4 Å². The standard InChI is InChI=1S/C14H20ClNO/c1-9-8-12(15)14(17-3)13(10(9)2)11-4-6-16-7-5-11/h8,11,16H,4-7H2,1-3H3. The number of nitrogens with one attached hydrogen (secondary N) is 1. The van der Waals surface area contributed by atoms with Crippen molar-refractivity contribution in [3.63, 3.8) is 0 Å². The summed E-state index contributed by atoms with van der Waals surface area (Å²) in [5.41, 5.74) is 3.90. The number of benzene rings is 1. The van der Waals surface area contributed by atoms with E-state index in [2.05, 4.69) is 19.2 Å². The fourth-order valence-corrected chi connectivity index (χ4v) is 3.03. The van der Waals surface area contributed by atoms with E-state index in [-0.39, 0.29) is 0 Å². The van der Waals surface area contributed by atoms with Gasteiger partial charge in [0.1, 0.15) is 5.75 Å². The molecule has 1 N–H and O–H groups in total. The van der Waals surface area contributed by atoms with E-state index in [0.29, 0.717) is 5.92 Å². The summed E-state index contributed by atoms with van der Waals surface area (Å²) in [4.78, 5) is 0. The lowest BCUT2D eigenvalue weighted by atomic mass is 9.85. The molecule has 0 spiro atoms. The van der Waals surface area contributed by atoms with Gasteiger partial charge >= 0.3 is 0 Å². The topological polar surface area (TPSA) is 21.3 Å². The normalized spacial score (nSPS) is 17.2. The highest BCUT2D eigenvalue weighted by molar-refractivity contribution is 6.32. The van der Waals surface area contributed by atoms with Crippen molar-refractivity contribution in [2.24, 2.45) is 0 Å². The Morgan fingerprint density at radius 3 is 2.53 bits per heavy atom. The molecule has 1 saturated heterocycles. The van der Waals surface area contributed by atoms with Crippen molar-refractivity contribution in [3.05, 3.63) is 27.8 Å². The first kappa shape index (κ1) is 12.7. The molecule has 2 rings (SSSR count). The lowest BCUT2D eigenvalue weighted by Gasteiger charge is -2.27. The Morgan fingerprint density at radius 2 is 1.94 bits per heavy atom. The third-order valence-corrected chi connectivity index (χ3v) is 4.03. The maximum Gasteiger partial charge on any atom is 0.141 e. The van der Waals surface area contributed by atoms with Gasteiger partial charge in [0.15, 0.2) is 0 Å². The van der Waals surface area contributed by atoms with Crippen LogP contribution in [0, 0.1) is 13.8 Å². The fourth-order valence-electron chi connectivity index (χ4n) is 2.68. The fraction of sp³-hybridized carbons (Fsp3) is 0.571. The van der Waals surface area contributed by atoms with E-state index in [1.54, 1.807) is 7.11 Å². The molecule has 94 valence electrons. The van der Waals surface area contributed by atoms with Crippen LogP contribution < -0.4 is 10.1 Å². The number of halogens is 1. The number of hydrogen-bond acceptors (Lipinski definition) is 2. The van der Waals surface area contributed by atoms with Crippen LogP contribution in [-0.2, 0) is 0 Å². The molecule has 0 bridgehead atoms. The molecular formula is C14H20ClNO. The van der Waals surface area contributed by atoms with Gasteiger partial charge in [0.2, 0.25) is 0 Å². The molecule has 0 saturated carbocycles. The molecule has 0 aliphatic carbocycles. The van der Waals surface area contributed by atoms with Gasteiger partial charge in [-0.2, -0.15) is 0 Å². The lowest BCUT2D eigenvalue weighted by molar-refractivity contribution is 0.390. The molecule has 3 heteroatoms. The predicted octanol–water partition coefficient (Wildman–Crippen LogP) is 3.43. The molecule has 1 heterocycles. The molecule has 0 radical (unpaired) electrons. The third kappa shape index (κ3) is 2.43. The minimum absolute atomic E-state index is 0.573. The predicted molar refractivity (Wildman–Crippen MR) is 72.3 cm³/mol. The van der Waals surface area contributed by atoms with Gasteiger partial charge in [-0.25, -0.2) is 0 Å². The third-order valence-electron chi connectivity index (χ3n) is 3.75. The van der Waals surface area contributed by atoms with Crippen molar-refractivity contribution in [2.45, 2.75) is 32.6 Å². The summed E-state index contributed by atoms with van der Waals surface area (Å²) in [5.74, 6) is 1.45. The molecular weight excluding hydrogens is 234 g/mol. The zero-order valence-electron chi connectivity index (χ0n) is 10.8. The average molecular weight is 254 g/mol. The molecule has 0 unspecified atom stereocenters. The molecule has 0 amide bonds. The number of aryl methyl sites for hydroxylation is 1. The average Bonchev–Trinajstić information content (AvgIpc) is 2.34. The van der Waals surface area contributed by atoms with E-state index in [4.69, 9.17) is 16.3 Å². The highest BCUT2D eigenvalue weighted by atomic mass is 35.5. The number of hydrogen-bond donors (Lipinski definition) is 1. The summed E-state index contributed by atoms with van der Waals surface area (Å²) < 4.78 is 5.51. The number of methoxy groups -OCH3 is 1. The Morgan fingerprint density at radius 1 is 1.29 bits per heavy atom. The Hall–Kier alpha value is -0.730. The first-order chi connectivity index (χ1) is 8.15. The van der Waals surface area contributed by atoms with E-state index < -0.39 is 0 Å². The van der Waals surface area contributed by atoms with Crippen molar-refractivity contribution >= 4 is 11.6 Å². The number of rotatable bonds is 2. The Balaban J connectivity index is 2.48. The summed E-state index contributed by atoms with van der Waals surface area (Å²) in [5, 5.41) is 4.14. The van der Waals surface area contributed by atoms with Crippen molar-refractivity contribution in [3.8, 4) is 5.75 Å². The van der Waals surface area contributed by atoms with Crippen molar-refractivity contribution in [1.29, 1.82) is 0 Å². The first-order valence-electron chi connectivity index (χ1n) is 6.19. The van der Waals surface area contributed by atoms with E-state index in [1.165, 1.54) is 16.7 Å². The highest BCUT2D eigenvalue weighted by Crippen LogP contribution is 2.40. The first-order valence-corrected chi connectivity index (χ1v) is 6.57. The lowest BCUT2D eigenvalue weighted by Crippen LogP contribution is -2.27. The Labute approximate surface area is 108 Å².